The second kappa shape index (κ2) is 5.41. The molecule has 0 aliphatic carbocycles. The summed E-state index contributed by atoms with van der Waals surface area (Å²) in [6.07, 6.45) is 6.17. The van der Waals surface area contributed by atoms with Crippen molar-refractivity contribution >= 4 is 23.5 Å². The molecule has 0 saturated carbocycles. The molecule has 0 bridgehead atoms. The summed E-state index contributed by atoms with van der Waals surface area (Å²) >= 11 is 5.76. The third-order valence-corrected chi connectivity index (χ3v) is 2.37. The van der Waals surface area contributed by atoms with Crippen molar-refractivity contribution in [3.8, 4) is 0 Å². The largest absolute Gasteiger partial charge is 0.293 e. The van der Waals surface area contributed by atoms with Crippen LogP contribution in [0.3, 0.4) is 0 Å². The van der Waals surface area contributed by atoms with Gasteiger partial charge in [-0.2, -0.15) is 5.10 Å². The van der Waals surface area contributed by atoms with E-state index in [1.54, 1.807) is 18.2 Å². The number of hydrogen-bond acceptors (Lipinski definition) is 3. The molecule has 0 saturated heterocycles. The topological polar surface area (TPSA) is 47.8 Å². The van der Waals surface area contributed by atoms with Crippen LogP contribution >= 0.6 is 11.6 Å². The maximum Gasteiger partial charge on any atom is 0.177 e. The Morgan fingerprint density at radius 2 is 2.12 bits per heavy atom. The predicted molar refractivity (Wildman–Crippen MR) is 65.5 cm³/mol. The fraction of sp³-hybridized carbons (Fsp3) is 0.0833. The summed E-state index contributed by atoms with van der Waals surface area (Å²) in [7, 11) is 0. The van der Waals surface area contributed by atoms with Crippen LogP contribution in [-0.2, 0) is 11.3 Å². The number of carbonyl (C=O) groups is 1. The molecule has 2 aromatic rings. The number of halogens is 1. The first kappa shape index (κ1) is 11.5. The first-order chi connectivity index (χ1) is 8.24. The van der Waals surface area contributed by atoms with E-state index in [1.807, 2.05) is 12.1 Å². The summed E-state index contributed by atoms with van der Waals surface area (Å²) in [6.45, 7) is 0.199. The van der Waals surface area contributed by atoms with Gasteiger partial charge in [0.25, 0.3) is 0 Å². The third kappa shape index (κ3) is 3.53. The van der Waals surface area contributed by atoms with E-state index in [0.29, 0.717) is 5.02 Å². The Labute approximate surface area is 104 Å². The average molecular weight is 248 g/mol. The molecular formula is C12H10ClN3O. The number of benzene rings is 1. The van der Waals surface area contributed by atoms with Crippen LogP contribution in [0.2, 0.25) is 5.02 Å². The standard InChI is InChI=1S/C12H10ClN3O/c13-11-4-1-10(2-5-11)3-6-12(17)7-16-9-14-8-15-16/h1-6,8-9H,7H2. The molecule has 0 spiro atoms. The average Bonchev–Trinajstić information content (AvgIpc) is 2.81. The van der Waals surface area contributed by atoms with Crippen LogP contribution in [0.25, 0.3) is 6.08 Å². The van der Waals surface area contributed by atoms with Gasteiger partial charge in [0.05, 0.1) is 0 Å². The van der Waals surface area contributed by atoms with Crippen molar-refractivity contribution < 1.29 is 4.79 Å². The molecule has 5 heteroatoms. The van der Waals surface area contributed by atoms with Gasteiger partial charge < -0.3 is 0 Å². The Bertz CT molecular complexity index is 517. The third-order valence-electron chi connectivity index (χ3n) is 2.12. The minimum Gasteiger partial charge on any atom is -0.293 e. The predicted octanol–water partition coefficient (Wildman–Crippen LogP) is 2.21. The van der Waals surface area contributed by atoms with Gasteiger partial charge in [0.2, 0.25) is 0 Å². The van der Waals surface area contributed by atoms with Crippen molar-refractivity contribution in [3.63, 3.8) is 0 Å². The summed E-state index contributed by atoms with van der Waals surface area (Å²) in [5.41, 5.74) is 0.932. The number of ketones is 1. The van der Waals surface area contributed by atoms with Gasteiger partial charge in [-0.05, 0) is 23.8 Å². The van der Waals surface area contributed by atoms with Crippen molar-refractivity contribution in [2.75, 3.05) is 0 Å². The van der Waals surface area contributed by atoms with Crippen LogP contribution in [0.5, 0.6) is 0 Å². The normalized spacial score (nSPS) is 10.9. The lowest BCUT2D eigenvalue weighted by Gasteiger charge is -1.95. The fourth-order valence-electron chi connectivity index (χ4n) is 1.29. The summed E-state index contributed by atoms with van der Waals surface area (Å²) in [5.74, 6) is -0.0366. The lowest BCUT2D eigenvalue weighted by molar-refractivity contribution is -0.115. The first-order valence-corrected chi connectivity index (χ1v) is 5.41. The van der Waals surface area contributed by atoms with E-state index in [-0.39, 0.29) is 12.3 Å². The Morgan fingerprint density at radius 1 is 1.35 bits per heavy atom. The molecule has 0 amide bonds. The molecule has 0 N–H and O–H groups in total. The summed E-state index contributed by atoms with van der Waals surface area (Å²) in [6, 6.07) is 7.26. The van der Waals surface area contributed by atoms with E-state index in [0.717, 1.165) is 5.56 Å². The van der Waals surface area contributed by atoms with Crippen molar-refractivity contribution in [1.29, 1.82) is 0 Å². The first-order valence-electron chi connectivity index (χ1n) is 5.03. The molecule has 0 aliphatic heterocycles. The Kier molecular flexibility index (Phi) is 3.67. The van der Waals surface area contributed by atoms with Crippen LogP contribution in [-0.4, -0.2) is 20.5 Å². The monoisotopic (exact) mass is 247 g/mol. The van der Waals surface area contributed by atoms with Crippen LogP contribution in [0, 0.1) is 0 Å². The van der Waals surface area contributed by atoms with E-state index < -0.39 is 0 Å². The van der Waals surface area contributed by atoms with Crippen molar-refractivity contribution in [2.45, 2.75) is 6.54 Å². The van der Waals surface area contributed by atoms with Gasteiger partial charge in [0.1, 0.15) is 19.2 Å². The molecule has 1 aromatic carbocycles. The zero-order valence-corrected chi connectivity index (χ0v) is 9.71. The van der Waals surface area contributed by atoms with Gasteiger partial charge >= 0.3 is 0 Å². The molecule has 0 fully saturated rings. The van der Waals surface area contributed by atoms with E-state index >= 15 is 0 Å². The second-order valence-corrected chi connectivity index (χ2v) is 3.88. The summed E-state index contributed by atoms with van der Waals surface area (Å²) < 4.78 is 1.48. The number of aromatic nitrogens is 3. The van der Waals surface area contributed by atoms with E-state index in [1.165, 1.54) is 23.4 Å². The van der Waals surface area contributed by atoms with Crippen LogP contribution < -0.4 is 0 Å². The number of carbonyl (C=O) groups excluding carboxylic acids is 1. The number of rotatable bonds is 4. The molecule has 0 unspecified atom stereocenters. The van der Waals surface area contributed by atoms with Gasteiger partial charge in [0.15, 0.2) is 5.78 Å². The fourth-order valence-corrected chi connectivity index (χ4v) is 1.42. The smallest absolute Gasteiger partial charge is 0.177 e. The maximum atomic E-state index is 11.5. The Balaban J connectivity index is 1.96. The zero-order valence-electron chi connectivity index (χ0n) is 8.95. The molecule has 0 radical (unpaired) electrons. The van der Waals surface area contributed by atoms with Crippen LogP contribution in [0.15, 0.2) is 43.0 Å². The zero-order chi connectivity index (χ0) is 12.1. The number of nitrogens with zero attached hydrogens (tertiary/aromatic N) is 3. The van der Waals surface area contributed by atoms with E-state index in [4.69, 9.17) is 11.6 Å². The minimum absolute atomic E-state index is 0.0366. The minimum atomic E-state index is -0.0366. The number of hydrogen-bond donors (Lipinski definition) is 0. The molecule has 86 valence electrons. The van der Waals surface area contributed by atoms with Gasteiger partial charge in [0, 0.05) is 5.02 Å². The molecule has 0 aliphatic rings. The van der Waals surface area contributed by atoms with Gasteiger partial charge in [-0.3, -0.25) is 4.79 Å². The highest BCUT2D eigenvalue weighted by atomic mass is 35.5. The summed E-state index contributed by atoms with van der Waals surface area (Å²) in [5, 5.41) is 4.53. The maximum absolute atomic E-state index is 11.5. The van der Waals surface area contributed by atoms with Gasteiger partial charge in [-0.25, -0.2) is 9.67 Å². The number of allylic oxidation sites excluding steroid dienone is 1. The molecule has 4 nitrogen and oxygen atoms in total. The molecule has 1 aromatic heterocycles. The van der Waals surface area contributed by atoms with Gasteiger partial charge in [-0.1, -0.05) is 29.8 Å². The quantitative estimate of drug-likeness (QED) is 0.779. The Morgan fingerprint density at radius 3 is 2.76 bits per heavy atom. The van der Waals surface area contributed by atoms with E-state index in [9.17, 15) is 4.79 Å². The van der Waals surface area contributed by atoms with Crippen molar-refractivity contribution in [1.82, 2.24) is 14.8 Å². The van der Waals surface area contributed by atoms with Crippen molar-refractivity contribution in [2.24, 2.45) is 0 Å². The Hall–Kier alpha value is -1.94. The second-order valence-electron chi connectivity index (χ2n) is 3.44. The lowest BCUT2D eigenvalue weighted by Crippen LogP contribution is -2.07. The summed E-state index contributed by atoms with van der Waals surface area (Å²) in [4.78, 5) is 15.3. The molecule has 1 heterocycles. The van der Waals surface area contributed by atoms with Crippen molar-refractivity contribution in [3.05, 3.63) is 53.6 Å². The van der Waals surface area contributed by atoms with Crippen LogP contribution in [0.1, 0.15) is 5.56 Å². The lowest BCUT2D eigenvalue weighted by atomic mass is 10.2. The molecule has 0 atom stereocenters. The van der Waals surface area contributed by atoms with Gasteiger partial charge in [-0.15, -0.1) is 0 Å². The highest BCUT2D eigenvalue weighted by molar-refractivity contribution is 6.30. The van der Waals surface area contributed by atoms with E-state index in [2.05, 4.69) is 10.1 Å². The molecular weight excluding hydrogens is 238 g/mol. The molecule has 17 heavy (non-hydrogen) atoms. The SMILES string of the molecule is O=C(C=Cc1ccc(Cl)cc1)Cn1cncn1. The van der Waals surface area contributed by atoms with Crippen LogP contribution in [0.4, 0.5) is 0 Å². The highest BCUT2D eigenvalue weighted by Gasteiger charge is 1.98. The molecule has 2 rings (SSSR count). The highest BCUT2D eigenvalue weighted by Crippen LogP contribution is 2.10.